The smallest absolute Gasteiger partial charge is 0.298 e. The molecule has 150 valence electrons. The van der Waals surface area contributed by atoms with E-state index in [1.165, 1.54) is 18.2 Å². The summed E-state index contributed by atoms with van der Waals surface area (Å²) in [5.41, 5.74) is -0.916. The Hall–Kier alpha value is -2.06. The summed E-state index contributed by atoms with van der Waals surface area (Å²) in [6.45, 7) is 1.68. The van der Waals surface area contributed by atoms with Gasteiger partial charge in [-0.1, -0.05) is 31.7 Å². The summed E-state index contributed by atoms with van der Waals surface area (Å²) in [6, 6.07) is 9.02. The van der Waals surface area contributed by atoms with Crippen molar-refractivity contribution in [2.45, 2.75) is 32.7 Å². The third-order valence-corrected chi connectivity index (χ3v) is 3.55. The maximum atomic E-state index is 12.3. The quantitative estimate of drug-likeness (QED) is 0.346. The molecule has 0 spiro atoms. The van der Waals surface area contributed by atoms with E-state index in [1.807, 2.05) is 0 Å². The number of nitrogens with one attached hydrogen (secondary N) is 1. The van der Waals surface area contributed by atoms with Crippen LogP contribution in [-0.4, -0.2) is 6.29 Å². The van der Waals surface area contributed by atoms with E-state index in [0.717, 1.165) is 24.3 Å². The molecule has 0 radical (unpaired) electrons. The number of carbonyl (C=O) groups excluding carboxylic acids is 1. The summed E-state index contributed by atoms with van der Waals surface area (Å²) in [7, 11) is 0. The second kappa shape index (κ2) is 10.3. The fraction of sp³-hybridized carbons (Fsp3) is 0.278. The Morgan fingerprint density at radius 3 is 1.85 bits per heavy atom. The minimum atomic E-state index is -4.38. The fourth-order valence-electron chi connectivity index (χ4n) is 1.84. The highest BCUT2D eigenvalue weighted by Crippen LogP contribution is 2.31. The summed E-state index contributed by atoms with van der Waals surface area (Å²) in [5.74, 6) is 0. The van der Waals surface area contributed by atoms with Crippen LogP contribution >= 0.6 is 11.8 Å². The summed E-state index contributed by atoms with van der Waals surface area (Å²) in [5, 5.41) is 0. The van der Waals surface area contributed by atoms with Gasteiger partial charge in [0.25, 0.3) is 0 Å². The number of alkyl halides is 6. The maximum Gasteiger partial charge on any atom is 0.416 e. The molecule has 0 aliphatic carbocycles. The fourth-order valence-corrected chi connectivity index (χ4v) is 1.96. The highest BCUT2D eigenvalue weighted by Gasteiger charge is 2.31. The van der Waals surface area contributed by atoms with E-state index in [4.69, 9.17) is 11.8 Å². The average Bonchev–Trinajstić information content (AvgIpc) is 2.60. The predicted octanol–water partition coefficient (Wildman–Crippen LogP) is 6.66. The van der Waals surface area contributed by atoms with Gasteiger partial charge < -0.3 is 0 Å². The van der Waals surface area contributed by atoms with Gasteiger partial charge in [-0.05, 0) is 48.5 Å². The Labute approximate surface area is 158 Å². The zero-order valence-corrected chi connectivity index (χ0v) is 14.1. The van der Waals surface area contributed by atoms with Crippen LogP contribution in [0.1, 0.15) is 47.4 Å². The van der Waals surface area contributed by atoms with Crippen molar-refractivity contribution in [3.05, 3.63) is 70.8 Å². The van der Waals surface area contributed by atoms with Crippen LogP contribution in [0.4, 0.5) is 26.3 Å². The normalized spacial score (nSPS) is 12.3. The van der Waals surface area contributed by atoms with Gasteiger partial charge in [0.15, 0.2) is 0 Å². The molecule has 0 saturated heterocycles. The largest absolute Gasteiger partial charge is 0.416 e. The van der Waals surface area contributed by atoms with Gasteiger partial charge in [0.1, 0.15) is 6.29 Å². The van der Waals surface area contributed by atoms with Crippen molar-refractivity contribution >= 4 is 18.1 Å². The zero-order chi connectivity index (χ0) is 20.0. The van der Waals surface area contributed by atoms with Crippen molar-refractivity contribution in [2.24, 2.45) is 0 Å². The molecule has 0 amide bonds. The number of halogens is 7. The molecule has 0 saturated carbocycles. The second-order valence-corrected chi connectivity index (χ2v) is 5.41. The molecule has 0 heterocycles. The third-order valence-electron chi connectivity index (χ3n) is 3.23. The molecule has 2 aromatic carbocycles. The summed E-state index contributed by atoms with van der Waals surface area (Å²) in [6.07, 6.45) is -8.30. The van der Waals surface area contributed by atoms with Crippen LogP contribution < -0.4 is 4.84 Å². The lowest BCUT2D eigenvalue weighted by Crippen LogP contribution is -2.10. The molecular weight excluding hydrogens is 396 g/mol. The van der Waals surface area contributed by atoms with E-state index in [1.54, 1.807) is 13.0 Å². The monoisotopic (exact) mass is 413 g/mol. The summed E-state index contributed by atoms with van der Waals surface area (Å²) in [4.78, 5) is 12.5. The number of rotatable bonds is 3. The van der Waals surface area contributed by atoms with E-state index in [0.29, 0.717) is 11.8 Å². The highest BCUT2D eigenvalue weighted by molar-refractivity contribution is 6.13. The molecule has 0 aliphatic rings. The maximum absolute atomic E-state index is 12.3. The van der Waals surface area contributed by atoms with Gasteiger partial charge in [0.05, 0.1) is 11.1 Å². The SMILES string of the molecule is C.C[C@H](NCl)c1cccc(C(F)(F)F)c1.O=Cc1cccc(C(F)(F)F)c1. The van der Waals surface area contributed by atoms with Crippen LogP contribution in [0.15, 0.2) is 48.5 Å². The molecule has 2 nitrogen and oxygen atoms in total. The van der Waals surface area contributed by atoms with Gasteiger partial charge in [0.2, 0.25) is 0 Å². The lowest BCUT2D eigenvalue weighted by Gasteiger charge is -2.12. The molecule has 0 aliphatic heterocycles. The molecule has 0 bridgehead atoms. The molecule has 2 rings (SSSR count). The Morgan fingerprint density at radius 1 is 0.926 bits per heavy atom. The number of benzene rings is 2. The first-order chi connectivity index (χ1) is 12.0. The molecule has 0 unspecified atom stereocenters. The first kappa shape index (κ1) is 24.9. The van der Waals surface area contributed by atoms with Crippen LogP contribution in [0.3, 0.4) is 0 Å². The number of hydrogen-bond acceptors (Lipinski definition) is 2. The van der Waals surface area contributed by atoms with Crippen LogP contribution in [0.5, 0.6) is 0 Å². The van der Waals surface area contributed by atoms with Crippen LogP contribution in [-0.2, 0) is 12.4 Å². The van der Waals surface area contributed by atoms with Crippen molar-refractivity contribution in [2.75, 3.05) is 0 Å². The molecule has 2 aromatic rings. The first-order valence-electron chi connectivity index (χ1n) is 7.14. The predicted molar refractivity (Wildman–Crippen MR) is 92.4 cm³/mol. The third kappa shape index (κ3) is 8.01. The Kier molecular flexibility index (Phi) is 9.53. The minimum Gasteiger partial charge on any atom is -0.298 e. The van der Waals surface area contributed by atoms with Crippen LogP contribution in [0.25, 0.3) is 0 Å². The van der Waals surface area contributed by atoms with E-state index >= 15 is 0 Å². The van der Waals surface area contributed by atoms with Crippen molar-refractivity contribution in [1.82, 2.24) is 4.84 Å². The van der Waals surface area contributed by atoms with Gasteiger partial charge in [0, 0.05) is 11.6 Å². The van der Waals surface area contributed by atoms with Crippen LogP contribution in [0, 0.1) is 0 Å². The van der Waals surface area contributed by atoms with Gasteiger partial charge in [-0.3, -0.25) is 4.79 Å². The van der Waals surface area contributed by atoms with E-state index in [9.17, 15) is 31.1 Å². The Balaban J connectivity index is 0.000000488. The Morgan fingerprint density at radius 2 is 1.41 bits per heavy atom. The van der Waals surface area contributed by atoms with Crippen molar-refractivity contribution in [3.8, 4) is 0 Å². The number of hydrogen-bond donors (Lipinski definition) is 1. The molecule has 27 heavy (non-hydrogen) atoms. The van der Waals surface area contributed by atoms with E-state index in [2.05, 4.69) is 4.84 Å². The molecule has 9 heteroatoms. The highest BCUT2D eigenvalue weighted by atomic mass is 35.5. The van der Waals surface area contributed by atoms with Gasteiger partial charge in [-0.25, -0.2) is 4.84 Å². The topological polar surface area (TPSA) is 29.1 Å². The summed E-state index contributed by atoms with van der Waals surface area (Å²) < 4.78 is 72.8. The van der Waals surface area contributed by atoms with Crippen molar-refractivity contribution in [1.29, 1.82) is 0 Å². The minimum absolute atomic E-state index is 0. The Bertz CT molecular complexity index is 730. The zero-order valence-electron chi connectivity index (χ0n) is 13.3. The molecule has 0 aromatic heterocycles. The van der Waals surface area contributed by atoms with E-state index < -0.39 is 23.5 Å². The number of aldehydes is 1. The molecule has 1 atom stereocenters. The first-order valence-corrected chi connectivity index (χ1v) is 7.52. The molecule has 0 fully saturated rings. The van der Waals surface area contributed by atoms with Crippen molar-refractivity contribution in [3.63, 3.8) is 0 Å². The lowest BCUT2D eigenvalue weighted by atomic mass is 10.1. The van der Waals surface area contributed by atoms with Gasteiger partial charge in [-0.2, -0.15) is 26.3 Å². The van der Waals surface area contributed by atoms with Gasteiger partial charge in [-0.15, -0.1) is 0 Å². The number of carbonyl (C=O) groups is 1. The molecule has 1 N–H and O–H groups in total. The van der Waals surface area contributed by atoms with E-state index in [-0.39, 0.29) is 19.0 Å². The lowest BCUT2D eigenvalue weighted by molar-refractivity contribution is -0.138. The second-order valence-electron chi connectivity index (χ2n) is 5.20. The molecular formula is C18H18ClF6NO. The van der Waals surface area contributed by atoms with Gasteiger partial charge >= 0.3 is 12.4 Å². The van der Waals surface area contributed by atoms with Crippen LogP contribution in [0.2, 0.25) is 0 Å². The summed E-state index contributed by atoms with van der Waals surface area (Å²) >= 11 is 5.32. The van der Waals surface area contributed by atoms with Crippen molar-refractivity contribution < 1.29 is 31.1 Å². The average molecular weight is 414 g/mol. The standard InChI is InChI=1S/C9H9ClF3N.C8H5F3O.CH4/c1-6(14-10)7-3-2-4-8(5-7)9(11,12)13;9-8(10,11)7-3-1-2-6(4-7)5-12;/h2-6,14H,1H3;1-5H;1H4/t6-;;/m0../s1.